The average molecular weight is 419 g/mol. The standard InChI is InChI=1S/C23H22FN5O2/c1-14-3-7-20(18(24)11-14)29(2)16-5-8-21(30)17(12-16)19-6-4-15(23(26)28-19)13-27-22(31)9-10-25/h3-8,11-12,30H,9,13H2,1-2H3,(H2,26,28)(H,27,31). The van der Waals surface area contributed by atoms with Gasteiger partial charge in [-0.2, -0.15) is 5.26 Å². The van der Waals surface area contributed by atoms with Crippen LogP contribution >= 0.6 is 0 Å². The van der Waals surface area contributed by atoms with Crippen LogP contribution in [0.4, 0.5) is 21.6 Å². The zero-order chi connectivity index (χ0) is 22.5. The third kappa shape index (κ3) is 4.90. The van der Waals surface area contributed by atoms with E-state index in [0.29, 0.717) is 28.2 Å². The van der Waals surface area contributed by atoms with Gasteiger partial charge in [0.05, 0.1) is 17.5 Å². The van der Waals surface area contributed by atoms with Crippen molar-refractivity contribution < 1.29 is 14.3 Å². The summed E-state index contributed by atoms with van der Waals surface area (Å²) < 4.78 is 14.4. The number of aryl methyl sites for hydroxylation is 1. The smallest absolute Gasteiger partial charge is 0.234 e. The second-order valence-corrected chi connectivity index (χ2v) is 7.07. The third-order valence-corrected chi connectivity index (χ3v) is 4.84. The van der Waals surface area contributed by atoms with Gasteiger partial charge in [0.15, 0.2) is 0 Å². The molecule has 0 spiro atoms. The second kappa shape index (κ2) is 9.13. The van der Waals surface area contributed by atoms with Gasteiger partial charge in [-0.1, -0.05) is 12.1 Å². The van der Waals surface area contributed by atoms with Crippen molar-refractivity contribution in [3.05, 3.63) is 65.5 Å². The van der Waals surface area contributed by atoms with Gasteiger partial charge in [0.2, 0.25) is 5.91 Å². The summed E-state index contributed by atoms with van der Waals surface area (Å²) in [6.07, 6.45) is -0.235. The minimum absolute atomic E-state index is 0.00324. The van der Waals surface area contributed by atoms with Gasteiger partial charge in [0, 0.05) is 30.4 Å². The summed E-state index contributed by atoms with van der Waals surface area (Å²) in [5.74, 6) is -0.550. The number of rotatable bonds is 6. The van der Waals surface area contributed by atoms with Gasteiger partial charge in [0.25, 0.3) is 0 Å². The quantitative estimate of drug-likeness (QED) is 0.560. The fourth-order valence-electron chi connectivity index (χ4n) is 3.09. The molecule has 0 aliphatic carbocycles. The Kier molecular flexibility index (Phi) is 6.36. The van der Waals surface area contributed by atoms with Crippen LogP contribution < -0.4 is 16.0 Å². The van der Waals surface area contributed by atoms with E-state index in [4.69, 9.17) is 11.0 Å². The van der Waals surface area contributed by atoms with E-state index >= 15 is 0 Å². The highest BCUT2D eigenvalue weighted by Gasteiger charge is 2.14. The summed E-state index contributed by atoms with van der Waals surface area (Å²) >= 11 is 0. The van der Waals surface area contributed by atoms with E-state index in [1.54, 1.807) is 48.3 Å². The first-order valence-corrected chi connectivity index (χ1v) is 9.52. The fraction of sp³-hybridized carbons (Fsp3) is 0.174. The molecule has 0 bridgehead atoms. The van der Waals surface area contributed by atoms with E-state index in [9.17, 15) is 14.3 Å². The van der Waals surface area contributed by atoms with E-state index in [-0.39, 0.29) is 30.4 Å². The molecule has 158 valence electrons. The molecule has 0 fully saturated rings. The number of pyridine rings is 1. The van der Waals surface area contributed by atoms with Gasteiger partial charge < -0.3 is 21.1 Å². The molecule has 0 saturated carbocycles. The summed E-state index contributed by atoms with van der Waals surface area (Å²) in [6, 6.07) is 15.0. The number of carbonyl (C=O) groups is 1. The number of nitrogens with two attached hydrogens (primary N) is 1. The number of nitriles is 1. The van der Waals surface area contributed by atoms with Crippen LogP contribution in [0.1, 0.15) is 17.5 Å². The second-order valence-electron chi connectivity index (χ2n) is 7.07. The molecule has 0 radical (unpaired) electrons. The number of nitrogens with one attached hydrogen (secondary N) is 1. The van der Waals surface area contributed by atoms with Gasteiger partial charge >= 0.3 is 0 Å². The molecule has 2 aromatic carbocycles. The number of amides is 1. The Balaban J connectivity index is 1.88. The maximum atomic E-state index is 14.4. The van der Waals surface area contributed by atoms with Crippen molar-refractivity contribution in [1.82, 2.24) is 10.3 Å². The first-order chi connectivity index (χ1) is 14.8. The number of nitrogen functional groups attached to an aromatic ring is 1. The minimum atomic E-state index is -0.400. The number of aromatic nitrogens is 1. The largest absolute Gasteiger partial charge is 0.507 e. The molecule has 7 nitrogen and oxygen atoms in total. The molecule has 1 aromatic heterocycles. The lowest BCUT2D eigenvalue weighted by Gasteiger charge is -2.21. The molecule has 0 aliphatic rings. The number of phenolic OH excluding ortho intramolecular Hbond substituents is 1. The first-order valence-electron chi connectivity index (χ1n) is 9.52. The van der Waals surface area contributed by atoms with Crippen LogP contribution in [-0.2, 0) is 11.3 Å². The number of halogens is 1. The van der Waals surface area contributed by atoms with Crippen LogP contribution in [0.25, 0.3) is 11.3 Å². The molecule has 3 aromatic rings. The number of phenols is 1. The average Bonchev–Trinajstić information content (AvgIpc) is 2.73. The molecule has 0 atom stereocenters. The summed E-state index contributed by atoms with van der Waals surface area (Å²) in [5.41, 5.74) is 9.36. The Morgan fingerprint density at radius 1 is 1.26 bits per heavy atom. The Morgan fingerprint density at radius 2 is 2.03 bits per heavy atom. The highest BCUT2D eigenvalue weighted by Crippen LogP contribution is 2.35. The van der Waals surface area contributed by atoms with Crippen molar-refractivity contribution in [3.63, 3.8) is 0 Å². The summed E-state index contributed by atoms with van der Waals surface area (Å²) in [4.78, 5) is 17.5. The van der Waals surface area contributed by atoms with Crippen LogP contribution in [0.5, 0.6) is 5.75 Å². The monoisotopic (exact) mass is 419 g/mol. The highest BCUT2D eigenvalue weighted by molar-refractivity contribution is 5.78. The van der Waals surface area contributed by atoms with E-state index in [2.05, 4.69) is 10.3 Å². The van der Waals surface area contributed by atoms with Gasteiger partial charge in [-0.05, 0) is 48.9 Å². The van der Waals surface area contributed by atoms with Crippen molar-refractivity contribution in [2.24, 2.45) is 0 Å². The molecular weight excluding hydrogens is 397 g/mol. The van der Waals surface area contributed by atoms with Crippen molar-refractivity contribution in [1.29, 1.82) is 5.26 Å². The maximum Gasteiger partial charge on any atom is 0.234 e. The van der Waals surface area contributed by atoms with Gasteiger partial charge in [-0.3, -0.25) is 4.79 Å². The predicted molar refractivity (Wildman–Crippen MR) is 117 cm³/mol. The molecular formula is C23H22FN5O2. The molecule has 3 rings (SSSR count). The van der Waals surface area contributed by atoms with Crippen LogP contribution in [0.15, 0.2) is 48.5 Å². The molecule has 4 N–H and O–H groups in total. The minimum Gasteiger partial charge on any atom is -0.507 e. The predicted octanol–water partition coefficient (Wildman–Crippen LogP) is 3.78. The van der Waals surface area contributed by atoms with Crippen molar-refractivity contribution >= 4 is 23.1 Å². The lowest BCUT2D eigenvalue weighted by Crippen LogP contribution is -2.22. The van der Waals surface area contributed by atoms with Crippen LogP contribution in [0, 0.1) is 24.1 Å². The highest BCUT2D eigenvalue weighted by atomic mass is 19.1. The zero-order valence-corrected chi connectivity index (χ0v) is 17.2. The van der Waals surface area contributed by atoms with E-state index in [1.807, 2.05) is 13.0 Å². The Labute approximate surface area is 179 Å². The first kappa shape index (κ1) is 21.6. The van der Waals surface area contributed by atoms with E-state index < -0.39 is 5.91 Å². The van der Waals surface area contributed by atoms with E-state index in [0.717, 1.165) is 5.56 Å². The number of hydrogen-bond acceptors (Lipinski definition) is 6. The number of benzene rings is 2. The summed E-state index contributed by atoms with van der Waals surface area (Å²) in [6.45, 7) is 1.96. The Morgan fingerprint density at radius 3 is 2.71 bits per heavy atom. The SMILES string of the molecule is Cc1ccc(N(C)c2ccc(O)c(-c3ccc(CNC(=O)CC#N)c(N)n3)c2)c(F)c1. The van der Waals surface area contributed by atoms with E-state index in [1.165, 1.54) is 12.1 Å². The summed E-state index contributed by atoms with van der Waals surface area (Å²) in [7, 11) is 1.73. The normalized spacial score (nSPS) is 10.4. The van der Waals surface area contributed by atoms with Gasteiger partial charge in [-0.25, -0.2) is 9.37 Å². The van der Waals surface area contributed by atoms with Crippen molar-refractivity contribution in [2.45, 2.75) is 19.9 Å². The molecule has 0 saturated heterocycles. The number of anilines is 3. The zero-order valence-electron chi connectivity index (χ0n) is 17.2. The number of nitrogens with zero attached hydrogens (tertiary/aromatic N) is 3. The molecule has 0 aliphatic heterocycles. The van der Waals surface area contributed by atoms with Gasteiger partial charge in [-0.15, -0.1) is 0 Å². The van der Waals surface area contributed by atoms with Crippen LogP contribution in [0.3, 0.4) is 0 Å². The molecule has 8 heteroatoms. The molecule has 0 unspecified atom stereocenters. The molecule has 1 heterocycles. The Hall–Kier alpha value is -4.12. The number of aromatic hydroxyl groups is 1. The maximum absolute atomic E-state index is 14.4. The summed E-state index contributed by atoms with van der Waals surface area (Å²) in [5, 5.41) is 21.5. The lowest BCUT2D eigenvalue weighted by molar-refractivity contribution is -0.120. The Bertz CT molecular complexity index is 1170. The lowest BCUT2D eigenvalue weighted by atomic mass is 10.1. The topological polar surface area (TPSA) is 115 Å². The fourth-order valence-corrected chi connectivity index (χ4v) is 3.09. The van der Waals surface area contributed by atoms with Crippen LogP contribution in [0.2, 0.25) is 0 Å². The van der Waals surface area contributed by atoms with Gasteiger partial charge in [0.1, 0.15) is 23.8 Å². The van der Waals surface area contributed by atoms with Crippen LogP contribution in [-0.4, -0.2) is 23.0 Å². The van der Waals surface area contributed by atoms with Crippen molar-refractivity contribution in [2.75, 3.05) is 17.7 Å². The molecule has 31 heavy (non-hydrogen) atoms. The number of carbonyl (C=O) groups excluding carboxylic acids is 1. The van der Waals surface area contributed by atoms with Crippen molar-refractivity contribution in [3.8, 4) is 23.1 Å². The number of hydrogen-bond donors (Lipinski definition) is 3. The third-order valence-electron chi connectivity index (χ3n) is 4.84. The molecule has 1 amide bonds.